The van der Waals surface area contributed by atoms with E-state index >= 15 is 0 Å². The van der Waals surface area contributed by atoms with Gasteiger partial charge in [0.2, 0.25) is 0 Å². The minimum Gasteiger partial charge on any atom is -0.395 e. The SMILES string of the molecule is CN(CC(C)(CO)c1ccccc1)c1cccc(F)c1. The number of hydrogen-bond donors (Lipinski definition) is 1. The van der Waals surface area contributed by atoms with Crippen LogP contribution in [0, 0.1) is 5.82 Å². The third kappa shape index (κ3) is 3.17. The first-order valence-corrected chi connectivity index (χ1v) is 6.68. The van der Waals surface area contributed by atoms with Gasteiger partial charge in [-0.1, -0.05) is 43.3 Å². The molecule has 0 fully saturated rings. The van der Waals surface area contributed by atoms with Crippen LogP contribution < -0.4 is 4.90 Å². The van der Waals surface area contributed by atoms with Crippen molar-refractivity contribution in [3.63, 3.8) is 0 Å². The van der Waals surface area contributed by atoms with Gasteiger partial charge in [-0.2, -0.15) is 0 Å². The van der Waals surface area contributed by atoms with E-state index in [9.17, 15) is 9.50 Å². The monoisotopic (exact) mass is 273 g/mol. The number of benzene rings is 2. The molecule has 0 saturated carbocycles. The number of likely N-dealkylation sites (N-methyl/N-ethyl adjacent to an activating group) is 1. The number of anilines is 1. The van der Waals surface area contributed by atoms with Crippen molar-refractivity contribution >= 4 is 5.69 Å². The molecule has 1 unspecified atom stereocenters. The molecule has 106 valence electrons. The second-order valence-corrected chi connectivity index (χ2v) is 5.42. The Kier molecular flexibility index (Phi) is 4.40. The molecule has 2 rings (SSSR count). The Balaban J connectivity index is 2.22. The van der Waals surface area contributed by atoms with Crippen LogP contribution in [-0.4, -0.2) is 25.3 Å². The van der Waals surface area contributed by atoms with Crippen LogP contribution in [0.25, 0.3) is 0 Å². The van der Waals surface area contributed by atoms with Gasteiger partial charge < -0.3 is 10.0 Å². The van der Waals surface area contributed by atoms with E-state index < -0.39 is 0 Å². The molecule has 0 bridgehead atoms. The molecule has 3 heteroatoms. The van der Waals surface area contributed by atoms with Crippen LogP contribution in [0.3, 0.4) is 0 Å². The first kappa shape index (κ1) is 14.5. The maximum absolute atomic E-state index is 13.3. The van der Waals surface area contributed by atoms with E-state index in [1.165, 1.54) is 12.1 Å². The molecule has 2 nitrogen and oxygen atoms in total. The Morgan fingerprint density at radius 1 is 1.10 bits per heavy atom. The highest BCUT2D eigenvalue weighted by Crippen LogP contribution is 2.26. The number of halogens is 1. The van der Waals surface area contributed by atoms with Crippen LogP contribution in [0.2, 0.25) is 0 Å². The van der Waals surface area contributed by atoms with Crippen LogP contribution >= 0.6 is 0 Å². The highest BCUT2D eigenvalue weighted by Gasteiger charge is 2.27. The van der Waals surface area contributed by atoms with Gasteiger partial charge in [0.1, 0.15) is 5.82 Å². The van der Waals surface area contributed by atoms with Gasteiger partial charge in [-0.3, -0.25) is 0 Å². The fourth-order valence-corrected chi connectivity index (χ4v) is 2.40. The van der Waals surface area contributed by atoms with Gasteiger partial charge in [0, 0.05) is 24.7 Å². The Labute approximate surface area is 119 Å². The molecule has 0 radical (unpaired) electrons. The lowest BCUT2D eigenvalue weighted by Crippen LogP contribution is -2.39. The number of aliphatic hydroxyl groups excluding tert-OH is 1. The molecule has 2 aromatic rings. The normalized spacial score (nSPS) is 13.8. The third-order valence-electron chi connectivity index (χ3n) is 3.65. The minimum atomic E-state index is -0.387. The first-order valence-electron chi connectivity index (χ1n) is 6.68. The van der Waals surface area contributed by atoms with Crippen molar-refractivity contribution in [3.05, 3.63) is 66.0 Å². The molecule has 0 aliphatic carbocycles. The van der Waals surface area contributed by atoms with Crippen molar-refractivity contribution in [1.29, 1.82) is 0 Å². The summed E-state index contributed by atoms with van der Waals surface area (Å²) in [5.41, 5.74) is 1.49. The quantitative estimate of drug-likeness (QED) is 0.904. The number of aliphatic hydroxyl groups is 1. The van der Waals surface area contributed by atoms with E-state index in [1.807, 2.05) is 55.3 Å². The van der Waals surface area contributed by atoms with Crippen LogP contribution in [-0.2, 0) is 5.41 Å². The smallest absolute Gasteiger partial charge is 0.125 e. The van der Waals surface area contributed by atoms with E-state index in [-0.39, 0.29) is 17.8 Å². The molecular formula is C17H20FNO. The molecule has 0 aliphatic rings. The standard InChI is InChI=1S/C17H20FNO/c1-17(13-20,14-7-4-3-5-8-14)12-19(2)16-10-6-9-15(18)11-16/h3-11,20H,12-13H2,1-2H3. The van der Waals surface area contributed by atoms with Gasteiger partial charge >= 0.3 is 0 Å². The molecule has 1 atom stereocenters. The maximum Gasteiger partial charge on any atom is 0.125 e. The molecule has 2 aromatic carbocycles. The van der Waals surface area contributed by atoms with Crippen molar-refractivity contribution in [2.45, 2.75) is 12.3 Å². The van der Waals surface area contributed by atoms with Crippen molar-refractivity contribution < 1.29 is 9.50 Å². The van der Waals surface area contributed by atoms with Crippen molar-refractivity contribution in [3.8, 4) is 0 Å². The molecule has 0 aromatic heterocycles. The fourth-order valence-electron chi connectivity index (χ4n) is 2.40. The molecule has 0 saturated heterocycles. The number of nitrogens with zero attached hydrogens (tertiary/aromatic N) is 1. The van der Waals surface area contributed by atoms with Crippen LogP contribution in [0.15, 0.2) is 54.6 Å². The zero-order valence-electron chi connectivity index (χ0n) is 11.9. The average molecular weight is 273 g/mol. The summed E-state index contributed by atoms with van der Waals surface area (Å²) in [4.78, 5) is 1.96. The van der Waals surface area contributed by atoms with Gasteiger partial charge in [-0.15, -0.1) is 0 Å². The lowest BCUT2D eigenvalue weighted by Gasteiger charge is -2.34. The van der Waals surface area contributed by atoms with Crippen molar-refractivity contribution in [2.24, 2.45) is 0 Å². The summed E-state index contributed by atoms with van der Waals surface area (Å²) in [6.45, 7) is 2.66. The lowest BCUT2D eigenvalue weighted by atomic mass is 9.82. The van der Waals surface area contributed by atoms with Gasteiger partial charge in [0.25, 0.3) is 0 Å². The Bertz CT molecular complexity index is 558. The average Bonchev–Trinajstić information content (AvgIpc) is 2.48. The summed E-state index contributed by atoms with van der Waals surface area (Å²) in [6, 6.07) is 16.4. The van der Waals surface area contributed by atoms with Crippen molar-refractivity contribution in [1.82, 2.24) is 0 Å². The second kappa shape index (κ2) is 6.06. The summed E-state index contributed by atoms with van der Waals surface area (Å²) in [7, 11) is 1.91. The van der Waals surface area contributed by atoms with Gasteiger partial charge in [-0.25, -0.2) is 4.39 Å². The van der Waals surface area contributed by atoms with Crippen LogP contribution in [0.5, 0.6) is 0 Å². The first-order chi connectivity index (χ1) is 9.55. The lowest BCUT2D eigenvalue weighted by molar-refractivity contribution is 0.209. The fraction of sp³-hybridized carbons (Fsp3) is 0.294. The summed E-state index contributed by atoms with van der Waals surface area (Å²) in [5.74, 6) is -0.250. The summed E-state index contributed by atoms with van der Waals surface area (Å²) in [5, 5.41) is 9.79. The van der Waals surface area contributed by atoms with Crippen molar-refractivity contribution in [2.75, 3.05) is 25.1 Å². The predicted molar refractivity (Wildman–Crippen MR) is 80.5 cm³/mol. The molecule has 1 N–H and O–H groups in total. The Hall–Kier alpha value is -1.87. The van der Waals surface area contributed by atoms with Crippen LogP contribution in [0.4, 0.5) is 10.1 Å². The molecule has 20 heavy (non-hydrogen) atoms. The van der Waals surface area contributed by atoms with Gasteiger partial charge in [-0.05, 0) is 23.8 Å². The second-order valence-electron chi connectivity index (χ2n) is 5.42. The zero-order chi connectivity index (χ0) is 14.6. The number of hydrogen-bond acceptors (Lipinski definition) is 2. The molecule has 0 aliphatic heterocycles. The Morgan fingerprint density at radius 2 is 1.80 bits per heavy atom. The number of rotatable bonds is 5. The highest BCUT2D eigenvalue weighted by molar-refractivity contribution is 5.46. The molecular weight excluding hydrogens is 253 g/mol. The topological polar surface area (TPSA) is 23.5 Å². The van der Waals surface area contributed by atoms with Crippen LogP contribution in [0.1, 0.15) is 12.5 Å². The van der Waals surface area contributed by atoms with E-state index in [2.05, 4.69) is 0 Å². The van der Waals surface area contributed by atoms with Gasteiger partial charge in [0.15, 0.2) is 0 Å². The van der Waals surface area contributed by atoms with E-state index in [0.29, 0.717) is 6.54 Å². The molecule has 0 spiro atoms. The summed E-state index contributed by atoms with van der Waals surface area (Å²) < 4.78 is 13.3. The van der Waals surface area contributed by atoms with E-state index in [4.69, 9.17) is 0 Å². The minimum absolute atomic E-state index is 0.0384. The maximum atomic E-state index is 13.3. The molecule has 0 amide bonds. The highest BCUT2D eigenvalue weighted by atomic mass is 19.1. The zero-order valence-corrected chi connectivity index (χ0v) is 11.9. The summed E-state index contributed by atoms with van der Waals surface area (Å²) >= 11 is 0. The molecule has 0 heterocycles. The van der Waals surface area contributed by atoms with E-state index in [0.717, 1.165) is 11.3 Å². The largest absolute Gasteiger partial charge is 0.395 e. The Morgan fingerprint density at radius 3 is 2.40 bits per heavy atom. The predicted octanol–water partition coefficient (Wildman–Crippen LogP) is 3.21. The summed E-state index contributed by atoms with van der Waals surface area (Å²) in [6.07, 6.45) is 0. The van der Waals surface area contributed by atoms with Gasteiger partial charge in [0.05, 0.1) is 6.61 Å². The van der Waals surface area contributed by atoms with E-state index in [1.54, 1.807) is 6.07 Å². The third-order valence-corrected chi connectivity index (χ3v) is 3.65.